The van der Waals surface area contributed by atoms with Gasteiger partial charge in [0, 0.05) is 19.7 Å². The number of methoxy groups -OCH3 is 1. The van der Waals surface area contributed by atoms with Crippen molar-refractivity contribution >= 4 is 5.91 Å². The smallest absolute Gasteiger partial charge is 0.225 e. The number of rotatable bonds is 7. The summed E-state index contributed by atoms with van der Waals surface area (Å²) >= 11 is 0. The first kappa shape index (κ1) is 16.0. The van der Waals surface area contributed by atoms with Crippen LogP contribution in [-0.4, -0.2) is 38.3 Å². The zero-order chi connectivity index (χ0) is 15.1. The van der Waals surface area contributed by atoms with E-state index in [-0.39, 0.29) is 17.9 Å². The van der Waals surface area contributed by atoms with Crippen molar-refractivity contribution in [3.05, 3.63) is 35.9 Å². The fourth-order valence-corrected chi connectivity index (χ4v) is 2.99. The third-order valence-electron chi connectivity index (χ3n) is 4.23. The van der Waals surface area contributed by atoms with Crippen molar-refractivity contribution in [2.24, 2.45) is 5.92 Å². The van der Waals surface area contributed by atoms with Gasteiger partial charge in [-0.3, -0.25) is 4.79 Å². The average Bonchev–Trinajstić information content (AvgIpc) is 3.03. The molecule has 2 N–H and O–H groups in total. The van der Waals surface area contributed by atoms with Crippen LogP contribution >= 0.6 is 0 Å². The van der Waals surface area contributed by atoms with Gasteiger partial charge in [0.25, 0.3) is 0 Å². The maximum atomic E-state index is 12.3. The van der Waals surface area contributed by atoms with E-state index in [2.05, 4.69) is 22.8 Å². The van der Waals surface area contributed by atoms with E-state index in [0.29, 0.717) is 12.6 Å². The van der Waals surface area contributed by atoms with Gasteiger partial charge in [0.2, 0.25) is 5.91 Å². The van der Waals surface area contributed by atoms with Crippen LogP contribution in [0.2, 0.25) is 0 Å². The Bertz CT molecular complexity index is 430. The first-order chi connectivity index (χ1) is 10.2. The van der Waals surface area contributed by atoms with E-state index in [9.17, 15) is 4.79 Å². The van der Waals surface area contributed by atoms with Crippen LogP contribution in [0.15, 0.2) is 30.3 Å². The first-order valence-electron chi connectivity index (χ1n) is 7.80. The lowest BCUT2D eigenvalue weighted by molar-refractivity contribution is -0.129. The minimum atomic E-state index is -0.138. The van der Waals surface area contributed by atoms with Crippen LogP contribution in [0.3, 0.4) is 0 Å². The van der Waals surface area contributed by atoms with E-state index >= 15 is 0 Å². The molecule has 1 fully saturated rings. The molecule has 4 nitrogen and oxygen atoms in total. The van der Waals surface area contributed by atoms with Crippen LogP contribution in [0.25, 0.3) is 0 Å². The van der Waals surface area contributed by atoms with Gasteiger partial charge in [0.15, 0.2) is 0 Å². The summed E-state index contributed by atoms with van der Waals surface area (Å²) in [6.45, 7) is 3.64. The quantitative estimate of drug-likeness (QED) is 0.804. The highest BCUT2D eigenvalue weighted by molar-refractivity contribution is 5.79. The Morgan fingerprint density at radius 3 is 2.81 bits per heavy atom. The van der Waals surface area contributed by atoms with Gasteiger partial charge in [0.1, 0.15) is 0 Å². The molecule has 3 atom stereocenters. The Kier molecular flexibility index (Phi) is 6.21. The van der Waals surface area contributed by atoms with E-state index in [4.69, 9.17) is 4.74 Å². The van der Waals surface area contributed by atoms with Crippen molar-refractivity contribution in [3.63, 3.8) is 0 Å². The van der Waals surface area contributed by atoms with Crippen LogP contribution in [0.5, 0.6) is 0 Å². The molecule has 0 saturated carbocycles. The van der Waals surface area contributed by atoms with Crippen LogP contribution in [0.4, 0.5) is 0 Å². The van der Waals surface area contributed by atoms with Gasteiger partial charge >= 0.3 is 0 Å². The second-order valence-corrected chi connectivity index (χ2v) is 5.72. The summed E-state index contributed by atoms with van der Waals surface area (Å²) in [4.78, 5) is 12.3. The molecule has 0 unspecified atom stereocenters. The topological polar surface area (TPSA) is 50.4 Å². The number of benzene rings is 1. The fourth-order valence-electron chi connectivity index (χ4n) is 2.99. The van der Waals surface area contributed by atoms with Crippen molar-refractivity contribution in [2.75, 3.05) is 20.2 Å². The summed E-state index contributed by atoms with van der Waals surface area (Å²) in [6.07, 6.45) is 3.05. The summed E-state index contributed by atoms with van der Waals surface area (Å²) in [5.41, 5.74) is 1.24. The van der Waals surface area contributed by atoms with Gasteiger partial charge in [0.05, 0.1) is 12.0 Å². The molecule has 4 heteroatoms. The monoisotopic (exact) mass is 290 g/mol. The summed E-state index contributed by atoms with van der Waals surface area (Å²) in [5.74, 6) is -0.0622. The van der Waals surface area contributed by atoms with Gasteiger partial charge < -0.3 is 15.4 Å². The maximum absolute atomic E-state index is 12.3. The van der Waals surface area contributed by atoms with Gasteiger partial charge in [-0.05, 0) is 31.4 Å². The van der Waals surface area contributed by atoms with Gasteiger partial charge in [-0.25, -0.2) is 0 Å². The number of hydrogen-bond donors (Lipinski definition) is 2. The number of amides is 1. The normalized spacial score (nSPS) is 21.0. The van der Waals surface area contributed by atoms with Gasteiger partial charge in [-0.2, -0.15) is 0 Å². The molecule has 1 aromatic rings. The third-order valence-corrected chi connectivity index (χ3v) is 4.23. The standard InChI is InChI=1S/C17H26N2O2/c1-13(16(21-2)15-9-6-11-18-15)17(20)19-12-10-14-7-4-3-5-8-14/h3-5,7-8,13,15-16,18H,6,9-12H2,1-2H3,(H,19,20)/t13-,15+,16-/m1/s1. The van der Waals surface area contributed by atoms with Crippen molar-refractivity contribution in [1.29, 1.82) is 0 Å². The van der Waals surface area contributed by atoms with Crippen LogP contribution < -0.4 is 10.6 Å². The fraction of sp³-hybridized carbons (Fsp3) is 0.588. The Hall–Kier alpha value is -1.39. The zero-order valence-electron chi connectivity index (χ0n) is 13.0. The second kappa shape index (κ2) is 8.15. The van der Waals surface area contributed by atoms with E-state index in [1.807, 2.05) is 25.1 Å². The van der Waals surface area contributed by atoms with E-state index < -0.39 is 0 Å². The molecule has 1 heterocycles. The van der Waals surface area contributed by atoms with Crippen molar-refractivity contribution in [1.82, 2.24) is 10.6 Å². The molecule has 1 aromatic carbocycles. The Morgan fingerprint density at radius 1 is 1.43 bits per heavy atom. The molecule has 1 aliphatic heterocycles. The Balaban J connectivity index is 1.78. The number of carbonyl (C=O) groups is 1. The summed E-state index contributed by atoms with van der Waals surface area (Å²) < 4.78 is 5.56. The molecule has 21 heavy (non-hydrogen) atoms. The molecule has 1 amide bonds. The summed E-state index contributed by atoms with van der Waals surface area (Å²) in [6, 6.07) is 10.5. The van der Waals surface area contributed by atoms with Crippen LogP contribution in [0.1, 0.15) is 25.3 Å². The largest absolute Gasteiger partial charge is 0.379 e. The minimum Gasteiger partial charge on any atom is -0.379 e. The Morgan fingerprint density at radius 2 is 2.19 bits per heavy atom. The average molecular weight is 290 g/mol. The lowest BCUT2D eigenvalue weighted by atomic mass is 9.95. The minimum absolute atomic E-state index is 0.0516. The number of carbonyl (C=O) groups excluding carboxylic acids is 1. The van der Waals surface area contributed by atoms with Crippen LogP contribution in [0, 0.1) is 5.92 Å². The molecule has 0 bridgehead atoms. The van der Waals surface area contributed by atoms with Crippen molar-refractivity contribution in [3.8, 4) is 0 Å². The molecule has 0 spiro atoms. The highest BCUT2D eigenvalue weighted by Crippen LogP contribution is 2.18. The molecule has 2 rings (SSSR count). The maximum Gasteiger partial charge on any atom is 0.225 e. The first-order valence-corrected chi connectivity index (χ1v) is 7.80. The van der Waals surface area contributed by atoms with E-state index in [0.717, 1.165) is 25.8 Å². The number of hydrogen-bond acceptors (Lipinski definition) is 3. The highest BCUT2D eigenvalue weighted by atomic mass is 16.5. The zero-order valence-corrected chi connectivity index (χ0v) is 13.0. The van der Waals surface area contributed by atoms with E-state index in [1.54, 1.807) is 7.11 Å². The molecular weight excluding hydrogens is 264 g/mol. The number of ether oxygens (including phenoxy) is 1. The number of nitrogens with one attached hydrogen (secondary N) is 2. The van der Waals surface area contributed by atoms with Gasteiger partial charge in [-0.1, -0.05) is 37.3 Å². The molecule has 1 aliphatic rings. The molecule has 0 aliphatic carbocycles. The molecule has 116 valence electrons. The predicted molar refractivity (Wildman–Crippen MR) is 84.1 cm³/mol. The molecule has 0 aromatic heterocycles. The molecule has 0 radical (unpaired) electrons. The van der Waals surface area contributed by atoms with Crippen LogP contribution in [-0.2, 0) is 16.0 Å². The van der Waals surface area contributed by atoms with Crippen molar-refractivity contribution in [2.45, 2.75) is 38.3 Å². The Labute approximate surface area is 127 Å². The summed E-state index contributed by atoms with van der Waals surface area (Å²) in [7, 11) is 1.69. The molecule has 1 saturated heterocycles. The van der Waals surface area contributed by atoms with Crippen molar-refractivity contribution < 1.29 is 9.53 Å². The second-order valence-electron chi connectivity index (χ2n) is 5.72. The predicted octanol–water partition coefficient (Wildman–Crippen LogP) is 1.75. The molecular formula is C17H26N2O2. The third kappa shape index (κ3) is 4.55. The lowest BCUT2D eigenvalue weighted by Crippen LogP contribution is -2.46. The highest BCUT2D eigenvalue weighted by Gasteiger charge is 2.32. The van der Waals surface area contributed by atoms with Gasteiger partial charge in [-0.15, -0.1) is 0 Å². The van der Waals surface area contributed by atoms with E-state index in [1.165, 1.54) is 5.56 Å². The SMILES string of the molecule is CO[C@@H]([C@@H]1CCCN1)[C@@H](C)C(=O)NCCc1ccccc1. The lowest BCUT2D eigenvalue weighted by Gasteiger charge is -2.27. The summed E-state index contributed by atoms with van der Waals surface area (Å²) in [5, 5.41) is 6.44.